The van der Waals surface area contributed by atoms with Crippen molar-refractivity contribution in [3.8, 4) is 5.75 Å². The molecule has 0 bridgehead atoms. The highest BCUT2D eigenvalue weighted by Crippen LogP contribution is 2.35. The van der Waals surface area contributed by atoms with Crippen molar-refractivity contribution in [1.29, 1.82) is 0 Å². The van der Waals surface area contributed by atoms with Crippen molar-refractivity contribution in [3.05, 3.63) is 29.5 Å². The molecule has 0 saturated heterocycles. The Hall–Kier alpha value is -2.76. The van der Waals surface area contributed by atoms with Crippen LogP contribution in [0.2, 0.25) is 0 Å². The van der Waals surface area contributed by atoms with E-state index >= 15 is 0 Å². The minimum Gasteiger partial charge on any atom is -0.508 e. The highest BCUT2D eigenvalue weighted by Gasteiger charge is 2.21. The normalized spacial score (nSPS) is 11.3. The predicted octanol–water partition coefficient (Wildman–Crippen LogP) is 2.02. The lowest BCUT2D eigenvalue weighted by Crippen LogP contribution is -2.08. The van der Waals surface area contributed by atoms with Crippen LogP contribution in [0.1, 0.15) is 16.1 Å². The summed E-state index contributed by atoms with van der Waals surface area (Å²) in [4.78, 5) is 15.7. The molecule has 0 spiro atoms. The van der Waals surface area contributed by atoms with Crippen LogP contribution in [0.25, 0.3) is 21.9 Å². The van der Waals surface area contributed by atoms with E-state index in [1.165, 1.54) is 0 Å². The highest BCUT2D eigenvalue weighted by atomic mass is 16.4. The fourth-order valence-electron chi connectivity index (χ4n) is 2.62. The quantitative estimate of drug-likeness (QED) is 0.628. The molecule has 1 aromatic carbocycles. The molecule has 0 atom stereocenters. The van der Waals surface area contributed by atoms with Crippen LogP contribution in [0.4, 0.5) is 5.69 Å². The molecule has 0 saturated carbocycles. The summed E-state index contributed by atoms with van der Waals surface area (Å²) in [6, 6.07) is 4.89. The molecule has 0 aliphatic carbocycles. The first-order valence-electron chi connectivity index (χ1n) is 6.02. The first-order chi connectivity index (χ1) is 9.41. The number of aromatic hydroxyl groups is 1. The molecule has 6 nitrogen and oxygen atoms in total. The van der Waals surface area contributed by atoms with Gasteiger partial charge in [-0.05, 0) is 25.1 Å². The number of hydrogen-bond acceptors (Lipinski definition) is 4. The fourth-order valence-corrected chi connectivity index (χ4v) is 2.62. The van der Waals surface area contributed by atoms with Gasteiger partial charge in [0.15, 0.2) is 0 Å². The van der Waals surface area contributed by atoms with Gasteiger partial charge >= 0.3 is 5.97 Å². The Morgan fingerprint density at radius 1 is 1.40 bits per heavy atom. The molecule has 0 amide bonds. The van der Waals surface area contributed by atoms with Gasteiger partial charge in [-0.25, -0.2) is 9.78 Å². The van der Waals surface area contributed by atoms with Crippen LogP contribution in [0.15, 0.2) is 18.2 Å². The number of aryl methyl sites for hydroxylation is 2. The lowest BCUT2D eigenvalue weighted by molar-refractivity contribution is 0.0697. The number of aromatic carboxylic acids is 1. The van der Waals surface area contributed by atoms with Gasteiger partial charge in [0.1, 0.15) is 17.0 Å². The maximum absolute atomic E-state index is 11.3. The van der Waals surface area contributed by atoms with Crippen molar-refractivity contribution in [2.75, 3.05) is 5.73 Å². The molecular formula is C14H13N3O3. The molecule has 20 heavy (non-hydrogen) atoms. The Morgan fingerprint density at radius 2 is 2.10 bits per heavy atom. The summed E-state index contributed by atoms with van der Waals surface area (Å²) in [6.45, 7) is 1.62. The Labute approximate surface area is 114 Å². The molecular weight excluding hydrogens is 258 g/mol. The Balaban J connectivity index is 2.62. The van der Waals surface area contributed by atoms with Crippen LogP contribution in [0.5, 0.6) is 5.75 Å². The lowest BCUT2D eigenvalue weighted by atomic mass is 10.1. The van der Waals surface area contributed by atoms with Gasteiger partial charge in [-0.15, -0.1) is 0 Å². The van der Waals surface area contributed by atoms with Crippen molar-refractivity contribution < 1.29 is 15.0 Å². The average molecular weight is 271 g/mol. The van der Waals surface area contributed by atoms with Gasteiger partial charge in [0, 0.05) is 12.4 Å². The number of fused-ring (bicyclic) bond motifs is 3. The van der Waals surface area contributed by atoms with Crippen molar-refractivity contribution >= 4 is 33.6 Å². The van der Waals surface area contributed by atoms with Gasteiger partial charge in [0.25, 0.3) is 0 Å². The average Bonchev–Trinajstić information content (AvgIpc) is 2.62. The second-order valence-electron chi connectivity index (χ2n) is 4.75. The maximum Gasteiger partial charge on any atom is 0.339 e. The third-order valence-electron chi connectivity index (χ3n) is 3.54. The number of anilines is 1. The zero-order valence-corrected chi connectivity index (χ0v) is 11.0. The summed E-state index contributed by atoms with van der Waals surface area (Å²) in [5, 5.41) is 20.1. The van der Waals surface area contributed by atoms with E-state index in [1.807, 2.05) is 11.6 Å². The molecule has 102 valence electrons. The number of rotatable bonds is 1. The Kier molecular flexibility index (Phi) is 2.37. The number of carboxylic acid groups (broad SMARTS) is 1. The van der Waals surface area contributed by atoms with Crippen LogP contribution < -0.4 is 5.73 Å². The molecule has 0 aliphatic heterocycles. The third kappa shape index (κ3) is 1.45. The van der Waals surface area contributed by atoms with Crippen LogP contribution in [-0.4, -0.2) is 25.7 Å². The molecule has 6 heteroatoms. The largest absolute Gasteiger partial charge is 0.508 e. The first-order valence-corrected chi connectivity index (χ1v) is 6.02. The SMILES string of the molecule is Cc1nc2c(c(N)c1C(=O)O)c1cc(O)ccc1n2C. The van der Waals surface area contributed by atoms with E-state index in [-0.39, 0.29) is 17.0 Å². The van der Waals surface area contributed by atoms with E-state index in [2.05, 4.69) is 4.98 Å². The molecule has 0 radical (unpaired) electrons. The van der Waals surface area contributed by atoms with E-state index in [0.717, 1.165) is 5.52 Å². The summed E-state index contributed by atoms with van der Waals surface area (Å²) in [5.41, 5.74) is 8.03. The number of nitrogen functional groups attached to an aromatic ring is 1. The highest BCUT2D eigenvalue weighted by molar-refractivity contribution is 6.16. The molecule has 0 unspecified atom stereocenters. The van der Waals surface area contributed by atoms with Crippen LogP contribution in [-0.2, 0) is 7.05 Å². The molecule has 0 aliphatic rings. The van der Waals surface area contributed by atoms with E-state index in [9.17, 15) is 15.0 Å². The van der Waals surface area contributed by atoms with Gasteiger partial charge in [0.05, 0.1) is 22.3 Å². The molecule has 3 rings (SSSR count). The number of benzene rings is 1. The number of carbonyl (C=O) groups is 1. The summed E-state index contributed by atoms with van der Waals surface area (Å²) in [5.74, 6) is -1.01. The van der Waals surface area contributed by atoms with Crippen molar-refractivity contribution in [2.45, 2.75) is 6.92 Å². The second-order valence-corrected chi connectivity index (χ2v) is 4.75. The number of nitrogens with two attached hydrogens (primary N) is 1. The van der Waals surface area contributed by atoms with Crippen LogP contribution in [0, 0.1) is 6.92 Å². The lowest BCUT2D eigenvalue weighted by Gasteiger charge is -2.06. The first kappa shape index (κ1) is 12.3. The standard InChI is InChI=1S/C14H13N3O3/c1-6-10(14(19)20)12(15)11-8-5-7(18)3-4-9(8)17(2)13(11)16-6/h3-5,18H,1-2H3,(H2,15,16)(H,19,20). The summed E-state index contributed by atoms with van der Waals surface area (Å²) in [6.07, 6.45) is 0. The van der Waals surface area contributed by atoms with Crippen LogP contribution >= 0.6 is 0 Å². The predicted molar refractivity (Wildman–Crippen MR) is 76.0 cm³/mol. The van der Waals surface area contributed by atoms with Crippen molar-refractivity contribution in [1.82, 2.24) is 9.55 Å². The molecule has 0 fully saturated rings. The molecule has 2 heterocycles. The number of phenols is 1. The van der Waals surface area contributed by atoms with Gasteiger partial charge in [-0.3, -0.25) is 0 Å². The van der Waals surface area contributed by atoms with Gasteiger partial charge in [0.2, 0.25) is 0 Å². The zero-order chi connectivity index (χ0) is 14.6. The Morgan fingerprint density at radius 3 is 2.75 bits per heavy atom. The summed E-state index contributed by atoms with van der Waals surface area (Å²) < 4.78 is 1.83. The van der Waals surface area contributed by atoms with Crippen LogP contribution in [0.3, 0.4) is 0 Å². The fraction of sp³-hybridized carbons (Fsp3) is 0.143. The maximum atomic E-state index is 11.3. The monoisotopic (exact) mass is 271 g/mol. The number of pyridine rings is 1. The number of hydrogen-bond donors (Lipinski definition) is 3. The zero-order valence-electron chi connectivity index (χ0n) is 11.0. The number of carboxylic acids is 1. The van der Waals surface area contributed by atoms with E-state index in [0.29, 0.717) is 22.1 Å². The minimum absolute atomic E-state index is 0.00772. The topological polar surface area (TPSA) is 101 Å². The molecule has 3 aromatic rings. The van der Waals surface area contributed by atoms with Gasteiger partial charge in [-0.2, -0.15) is 0 Å². The van der Waals surface area contributed by atoms with E-state index < -0.39 is 5.97 Å². The number of nitrogens with zero attached hydrogens (tertiary/aromatic N) is 2. The van der Waals surface area contributed by atoms with Crippen molar-refractivity contribution in [3.63, 3.8) is 0 Å². The molecule has 4 N–H and O–H groups in total. The van der Waals surface area contributed by atoms with E-state index in [4.69, 9.17) is 5.73 Å². The van der Waals surface area contributed by atoms with Gasteiger partial charge in [-0.1, -0.05) is 0 Å². The number of aromatic nitrogens is 2. The summed E-state index contributed by atoms with van der Waals surface area (Å²) in [7, 11) is 1.83. The van der Waals surface area contributed by atoms with Gasteiger partial charge < -0.3 is 20.5 Å². The molecule has 2 aromatic heterocycles. The van der Waals surface area contributed by atoms with Crippen molar-refractivity contribution in [2.24, 2.45) is 7.05 Å². The third-order valence-corrected chi connectivity index (χ3v) is 3.54. The second kappa shape index (κ2) is 3.86. The number of phenolic OH excluding ortho intramolecular Hbond substituents is 1. The minimum atomic E-state index is -1.11. The Bertz CT molecular complexity index is 881. The smallest absolute Gasteiger partial charge is 0.339 e. The summed E-state index contributed by atoms with van der Waals surface area (Å²) >= 11 is 0. The van der Waals surface area contributed by atoms with E-state index in [1.54, 1.807) is 25.1 Å².